The van der Waals surface area contributed by atoms with E-state index >= 15 is 0 Å². The van der Waals surface area contributed by atoms with Crippen LogP contribution in [0.1, 0.15) is 31.5 Å². The Balaban J connectivity index is 1.65. The molecular formula is C23H30N4O3S2. The van der Waals surface area contributed by atoms with Gasteiger partial charge in [-0.25, -0.2) is 9.97 Å². The maximum Gasteiger partial charge on any atom is 0.189 e. The van der Waals surface area contributed by atoms with Crippen LogP contribution in [0.5, 0.6) is 0 Å². The number of anilines is 2. The fourth-order valence-electron chi connectivity index (χ4n) is 4.49. The standard InChI is InChI=1S/C23H30N4O3S2/c1-12(24-15-8-6-7-9-17(15)31)18-13(2)25-22(32-5)27-21(18)26-16-10-14(11-28)19-20(16)30-23(3,4)29-19/h6-9,14,16,19-20,24,28,31H,1,10-11H2,2-5H3,(H,25,26,27)/t14-,16-,19-,20+/m1/s1. The van der Waals surface area contributed by atoms with Gasteiger partial charge >= 0.3 is 0 Å². The molecule has 32 heavy (non-hydrogen) atoms. The van der Waals surface area contributed by atoms with Gasteiger partial charge in [0.05, 0.1) is 29.1 Å². The van der Waals surface area contributed by atoms with Crippen molar-refractivity contribution in [2.45, 2.75) is 61.3 Å². The third-order valence-corrected chi connectivity index (χ3v) is 6.82. The number of hydrogen-bond donors (Lipinski definition) is 4. The summed E-state index contributed by atoms with van der Waals surface area (Å²) in [6, 6.07) is 7.69. The van der Waals surface area contributed by atoms with Gasteiger partial charge in [-0.3, -0.25) is 0 Å². The van der Waals surface area contributed by atoms with E-state index in [0.717, 1.165) is 28.3 Å². The smallest absolute Gasteiger partial charge is 0.189 e. The van der Waals surface area contributed by atoms with E-state index in [1.54, 1.807) is 0 Å². The van der Waals surface area contributed by atoms with Gasteiger partial charge in [0.1, 0.15) is 11.9 Å². The van der Waals surface area contributed by atoms with Gasteiger partial charge in [0.25, 0.3) is 0 Å². The fourth-order valence-corrected chi connectivity index (χ4v) is 5.12. The van der Waals surface area contributed by atoms with Gasteiger partial charge in [0.15, 0.2) is 10.9 Å². The second-order valence-electron chi connectivity index (χ2n) is 8.63. The summed E-state index contributed by atoms with van der Waals surface area (Å²) < 4.78 is 12.3. The van der Waals surface area contributed by atoms with Crippen molar-refractivity contribution in [1.29, 1.82) is 0 Å². The molecule has 1 aromatic heterocycles. The minimum absolute atomic E-state index is 0.00284. The first kappa shape index (κ1) is 23.4. The second-order valence-corrected chi connectivity index (χ2v) is 9.89. The van der Waals surface area contributed by atoms with E-state index in [1.165, 1.54) is 11.8 Å². The van der Waals surface area contributed by atoms with E-state index < -0.39 is 5.79 Å². The summed E-state index contributed by atoms with van der Waals surface area (Å²) in [5.41, 5.74) is 3.16. The molecule has 0 radical (unpaired) electrons. The molecule has 2 aliphatic rings. The average Bonchev–Trinajstić information content (AvgIpc) is 3.22. The van der Waals surface area contributed by atoms with Gasteiger partial charge in [0.2, 0.25) is 0 Å². The summed E-state index contributed by atoms with van der Waals surface area (Å²) in [5, 5.41) is 17.5. The molecule has 9 heteroatoms. The highest BCUT2D eigenvalue weighted by molar-refractivity contribution is 7.98. The number of rotatable bonds is 7. The predicted molar refractivity (Wildman–Crippen MR) is 131 cm³/mol. The molecule has 0 bridgehead atoms. The van der Waals surface area contributed by atoms with Gasteiger partial charge in [-0.1, -0.05) is 30.5 Å². The van der Waals surface area contributed by atoms with Crippen molar-refractivity contribution in [3.05, 3.63) is 42.1 Å². The molecule has 3 N–H and O–H groups in total. The van der Waals surface area contributed by atoms with E-state index in [0.29, 0.717) is 16.7 Å². The third-order valence-electron chi connectivity index (χ3n) is 5.88. The summed E-state index contributed by atoms with van der Waals surface area (Å²) in [7, 11) is 0. The van der Waals surface area contributed by atoms with Gasteiger partial charge in [-0.2, -0.15) is 0 Å². The van der Waals surface area contributed by atoms with Crippen LogP contribution in [0.25, 0.3) is 5.70 Å². The molecule has 1 saturated carbocycles. The number of nitrogens with zero attached hydrogens (tertiary/aromatic N) is 2. The van der Waals surface area contributed by atoms with Crippen LogP contribution < -0.4 is 10.6 Å². The number of benzene rings is 1. The summed E-state index contributed by atoms with van der Waals surface area (Å²) in [5.74, 6) is 0.00838. The van der Waals surface area contributed by atoms with Gasteiger partial charge in [-0.05, 0) is 45.6 Å². The zero-order valence-electron chi connectivity index (χ0n) is 18.8. The third kappa shape index (κ3) is 4.63. The zero-order chi connectivity index (χ0) is 23.0. The van der Waals surface area contributed by atoms with Crippen molar-refractivity contribution >= 4 is 41.6 Å². The Morgan fingerprint density at radius 1 is 1.28 bits per heavy atom. The molecule has 0 unspecified atom stereocenters. The Morgan fingerprint density at radius 3 is 2.69 bits per heavy atom. The van der Waals surface area contributed by atoms with Crippen molar-refractivity contribution in [3.8, 4) is 0 Å². The maximum absolute atomic E-state index is 9.90. The molecule has 2 heterocycles. The van der Waals surface area contributed by atoms with Crippen LogP contribution in [0.3, 0.4) is 0 Å². The van der Waals surface area contributed by atoms with Crippen LogP contribution in [-0.2, 0) is 9.47 Å². The van der Waals surface area contributed by atoms with Crippen LogP contribution in [-0.4, -0.2) is 52.0 Å². The van der Waals surface area contributed by atoms with E-state index in [1.807, 2.05) is 51.3 Å². The number of nitrogens with one attached hydrogen (secondary N) is 2. The Labute approximate surface area is 198 Å². The molecule has 1 aliphatic carbocycles. The monoisotopic (exact) mass is 474 g/mol. The molecule has 2 aromatic rings. The summed E-state index contributed by atoms with van der Waals surface area (Å²) in [4.78, 5) is 10.2. The van der Waals surface area contributed by atoms with Crippen LogP contribution in [0.2, 0.25) is 0 Å². The summed E-state index contributed by atoms with van der Waals surface area (Å²) >= 11 is 6.02. The Kier molecular flexibility index (Phi) is 6.74. The van der Waals surface area contributed by atoms with Crippen molar-refractivity contribution in [3.63, 3.8) is 0 Å². The summed E-state index contributed by atoms with van der Waals surface area (Å²) in [6.45, 7) is 10.1. The van der Waals surface area contributed by atoms with Gasteiger partial charge < -0.3 is 25.2 Å². The van der Waals surface area contributed by atoms with Crippen LogP contribution in [0, 0.1) is 12.8 Å². The molecule has 172 valence electrons. The number of aryl methyl sites for hydroxylation is 1. The SMILES string of the molecule is C=C(Nc1ccccc1S)c1c(C)nc(SC)nc1N[C@@H]1C[C@H](CO)[C@H]2OC(C)(C)O[C@H]21. The molecule has 4 atom stereocenters. The lowest BCUT2D eigenvalue weighted by Crippen LogP contribution is -2.35. The highest BCUT2D eigenvalue weighted by atomic mass is 32.2. The Bertz CT molecular complexity index is 1020. The van der Waals surface area contributed by atoms with Gasteiger partial charge in [-0.15, -0.1) is 12.6 Å². The Hall–Kier alpha value is -1.78. The molecule has 0 spiro atoms. The Morgan fingerprint density at radius 2 is 2.00 bits per heavy atom. The number of para-hydroxylation sites is 1. The van der Waals surface area contributed by atoms with E-state index in [4.69, 9.17) is 14.5 Å². The second kappa shape index (κ2) is 9.23. The largest absolute Gasteiger partial charge is 0.396 e. The minimum Gasteiger partial charge on any atom is -0.396 e. The van der Waals surface area contributed by atoms with E-state index in [2.05, 4.69) is 34.8 Å². The first-order chi connectivity index (χ1) is 15.2. The van der Waals surface area contributed by atoms with Crippen LogP contribution >= 0.6 is 24.4 Å². The minimum atomic E-state index is -0.681. The molecule has 0 amide bonds. The van der Waals surface area contributed by atoms with Crippen molar-refractivity contribution in [2.75, 3.05) is 23.5 Å². The molecule has 1 saturated heterocycles. The lowest BCUT2D eigenvalue weighted by Gasteiger charge is -2.25. The number of aliphatic hydroxyl groups excluding tert-OH is 1. The maximum atomic E-state index is 9.90. The number of fused-ring (bicyclic) bond motifs is 1. The number of aliphatic hydroxyl groups is 1. The van der Waals surface area contributed by atoms with Crippen molar-refractivity contribution in [1.82, 2.24) is 9.97 Å². The zero-order valence-corrected chi connectivity index (χ0v) is 20.5. The normalized spacial score (nSPS) is 26.1. The number of aromatic nitrogens is 2. The molecule has 1 aliphatic heterocycles. The van der Waals surface area contributed by atoms with E-state index in [-0.39, 0.29) is 30.8 Å². The number of hydrogen-bond acceptors (Lipinski definition) is 9. The lowest BCUT2D eigenvalue weighted by atomic mass is 10.1. The highest BCUT2D eigenvalue weighted by Crippen LogP contribution is 2.43. The number of thioether (sulfide) groups is 1. The van der Waals surface area contributed by atoms with Crippen LogP contribution in [0.4, 0.5) is 11.5 Å². The molecule has 2 fully saturated rings. The first-order valence-corrected chi connectivity index (χ1v) is 12.3. The fraction of sp³-hybridized carbons (Fsp3) is 0.478. The predicted octanol–water partition coefficient (Wildman–Crippen LogP) is 4.19. The lowest BCUT2D eigenvalue weighted by molar-refractivity contribution is -0.158. The van der Waals surface area contributed by atoms with Crippen molar-refractivity contribution < 1.29 is 14.6 Å². The highest BCUT2D eigenvalue weighted by Gasteiger charge is 2.54. The first-order valence-electron chi connectivity index (χ1n) is 10.6. The number of thiol groups is 1. The quantitative estimate of drug-likeness (QED) is 0.270. The molecule has 7 nitrogen and oxygen atoms in total. The van der Waals surface area contributed by atoms with E-state index in [9.17, 15) is 5.11 Å². The summed E-state index contributed by atoms with van der Waals surface area (Å²) in [6.07, 6.45) is 2.34. The average molecular weight is 475 g/mol. The van der Waals surface area contributed by atoms with Crippen LogP contribution in [0.15, 0.2) is 40.9 Å². The molecular weight excluding hydrogens is 444 g/mol. The molecule has 1 aromatic carbocycles. The van der Waals surface area contributed by atoms with Gasteiger partial charge in [0, 0.05) is 23.1 Å². The number of ether oxygens (including phenoxy) is 2. The molecule has 4 rings (SSSR count). The topological polar surface area (TPSA) is 88.5 Å². The van der Waals surface area contributed by atoms with Crippen molar-refractivity contribution in [2.24, 2.45) is 5.92 Å².